The number of fused-ring (bicyclic) bond motifs is 1. The fourth-order valence-electron chi connectivity index (χ4n) is 2.03. The zero-order valence-electron chi connectivity index (χ0n) is 12.9. The van der Waals surface area contributed by atoms with Crippen LogP contribution in [0.5, 0.6) is 11.5 Å². The minimum absolute atomic E-state index is 0.386. The minimum Gasteiger partial charge on any atom is -0.486 e. The molecule has 0 fully saturated rings. The number of nitrogens with one attached hydrogen (secondary N) is 2. The Morgan fingerprint density at radius 2 is 1.70 bits per heavy atom. The summed E-state index contributed by atoms with van der Waals surface area (Å²) in [5.41, 5.74) is 1.11. The number of anilines is 3. The van der Waals surface area contributed by atoms with Crippen molar-refractivity contribution < 1.29 is 14.3 Å². The summed E-state index contributed by atoms with van der Waals surface area (Å²) in [6.07, 6.45) is 3.09. The molecule has 0 saturated heterocycles. The third-order valence-corrected chi connectivity index (χ3v) is 3.10. The highest BCUT2D eigenvalue weighted by atomic mass is 16.6. The Labute approximate surface area is 133 Å². The molecule has 0 aliphatic carbocycles. The number of nitrogens with zero attached hydrogens (tertiary/aromatic N) is 3. The second-order valence-corrected chi connectivity index (χ2v) is 5.10. The number of hydrogen-bond acceptors (Lipinski definition) is 6. The van der Waals surface area contributed by atoms with Crippen molar-refractivity contribution in [2.45, 2.75) is 0 Å². The summed E-state index contributed by atoms with van der Waals surface area (Å²) in [7, 11) is 3.69. The van der Waals surface area contributed by atoms with Gasteiger partial charge in [-0.1, -0.05) is 0 Å². The zero-order chi connectivity index (χ0) is 16.2. The van der Waals surface area contributed by atoms with Crippen LogP contribution in [0.2, 0.25) is 0 Å². The summed E-state index contributed by atoms with van der Waals surface area (Å²) in [4.78, 5) is 22.0. The van der Waals surface area contributed by atoms with E-state index in [2.05, 4.69) is 20.6 Å². The molecular weight excluding hydrogens is 298 g/mol. The molecule has 0 unspecified atom stereocenters. The summed E-state index contributed by atoms with van der Waals surface area (Å²) in [6, 6.07) is 4.85. The van der Waals surface area contributed by atoms with Gasteiger partial charge < -0.3 is 25.0 Å². The average molecular weight is 315 g/mol. The minimum atomic E-state index is -0.386. The number of aromatic nitrogens is 2. The molecular formula is C15H17N5O3. The zero-order valence-corrected chi connectivity index (χ0v) is 12.9. The molecule has 23 heavy (non-hydrogen) atoms. The molecule has 1 aliphatic rings. The molecule has 0 atom stereocenters. The van der Waals surface area contributed by atoms with E-state index in [1.807, 2.05) is 14.1 Å². The van der Waals surface area contributed by atoms with E-state index in [-0.39, 0.29) is 6.03 Å². The van der Waals surface area contributed by atoms with Crippen molar-refractivity contribution in [3.8, 4) is 11.5 Å². The first kappa shape index (κ1) is 14.9. The van der Waals surface area contributed by atoms with Crippen molar-refractivity contribution in [1.29, 1.82) is 0 Å². The van der Waals surface area contributed by atoms with Crippen molar-refractivity contribution in [2.24, 2.45) is 0 Å². The Hall–Kier alpha value is -3.03. The molecule has 1 aliphatic heterocycles. The first-order valence-corrected chi connectivity index (χ1v) is 7.09. The molecule has 0 bridgehead atoms. The van der Waals surface area contributed by atoms with Crippen molar-refractivity contribution in [3.63, 3.8) is 0 Å². The standard InChI is InChI=1S/C15H17N5O3/c1-20(2)14-16-8-11(9-17-14)19-15(21)18-10-3-4-12-13(7-10)23-6-5-22-12/h3-4,7-9H,5-6H2,1-2H3,(H2,18,19,21). The summed E-state index contributed by atoms with van der Waals surface area (Å²) >= 11 is 0. The highest BCUT2D eigenvalue weighted by Crippen LogP contribution is 2.32. The van der Waals surface area contributed by atoms with E-state index in [1.54, 1.807) is 35.5 Å². The van der Waals surface area contributed by atoms with E-state index >= 15 is 0 Å². The molecule has 2 N–H and O–H groups in total. The summed E-state index contributed by atoms with van der Waals surface area (Å²) in [5, 5.41) is 5.40. The van der Waals surface area contributed by atoms with Gasteiger partial charge in [-0.25, -0.2) is 14.8 Å². The number of benzene rings is 1. The fourth-order valence-corrected chi connectivity index (χ4v) is 2.03. The Morgan fingerprint density at radius 1 is 1.04 bits per heavy atom. The van der Waals surface area contributed by atoms with Gasteiger partial charge in [-0.15, -0.1) is 0 Å². The normalized spacial score (nSPS) is 12.4. The molecule has 1 aromatic heterocycles. The van der Waals surface area contributed by atoms with E-state index in [0.29, 0.717) is 42.0 Å². The van der Waals surface area contributed by atoms with Crippen LogP contribution in [-0.2, 0) is 0 Å². The fraction of sp³-hybridized carbons (Fsp3) is 0.267. The lowest BCUT2D eigenvalue weighted by atomic mass is 10.2. The molecule has 120 valence electrons. The topological polar surface area (TPSA) is 88.6 Å². The number of carbonyl (C=O) groups is 1. The molecule has 8 heteroatoms. The summed E-state index contributed by atoms with van der Waals surface area (Å²) in [6.45, 7) is 1.03. The third kappa shape index (κ3) is 3.60. The highest BCUT2D eigenvalue weighted by molar-refractivity contribution is 5.99. The van der Waals surface area contributed by atoms with Crippen molar-refractivity contribution in [3.05, 3.63) is 30.6 Å². The van der Waals surface area contributed by atoms with Crippen molar-refractivity contribution in [2.75, 3.05) is 42.8 Å². The van der Waals surface area contributed by atoms with E-state index in [4.69, 9.17) is 9.47 Å². The lowest BCUT2D eigenvalue weighted by Gasteiger charge is -2.19. The maximum atomic E-state index is 12.0. The van der Waals surface area contributed by atoms with Gasteiger partial charge >= 0.3 is 6.03 Å². The van der Waals surface area contributed by atoms with Crippen LogP contribution in [0.1, 0.15) is 0 Å². The van der Waals surface area contributed by atoms with Crippen molar-refractivity contribution in [1.82, 2.24) is 9.97 Å². The number of urea groups is 1. The Bertz CT molecular complexity index is 703. The van der Waals surface area contributed by atoms with Crippen LogP contribution in [0, 0.1) is 0 Å². The molecule has 0 radical (unpaired) electrons. The van der Waals surface area contributed by atoms with Gasteiger partial charge in [-0.3, -0.25) is 0 Å². The second kappa shape index (κ2) is 6.39. The van der Waals surface area contributed by atoms with Gasteiger partial charge in [0, 0.05) is 25.8 Å². The van der Waals surface area contributed by atoms with E-state index < -0.39 is 0 Å². The maximum absolute atomic E-state index is 12.0. The van der Waals surface area contributed by atoms with Gasteiger partial charge in [-0.2, -0.15) is 0 Å². The smallest absolute Gasteiger partial charge is 0.323 e. The Balaban J connectivity index is 1.63. The third-order valence-electron chi connectivity index (χ3n) is 3.10. The summed E-state index contributed by atoms with van der Waals surface area (Å²) < 4.78 is 10.9. The van der Waals surface area contributed by atoms with Crippen LogP contribution in [0.3, 0.4) is 0 Å². The highest BCUT2D eigenvalue weighted by Gasteiger charge is 2.13. The quantitative estimate of drug-likeness (QED) is 0.900. The van der Waals surface area contributed by atoms with E-state index in [0.717, 1.165) is 0 Å². The van der Waals surface area contributed by atoms with E-state index in [1.165, 1.54) is 0 Å². The van der Waals surface area contributed by atoms with Crippen LogP contribution in [-0.4, -0.2) is 43.3 Å². The van der Waals surface area contributed by atoms with Crippen LogP contribution >= 0.6 is 0 Å². The Kier molecular flexibility index (Phi) is 4.13. The van der Waals surface area contributed by atoms with Crippen molar-refractivity contribution >= 4 is 23.4 Å². The van der Waals surface area contributed by atoms with Gasteiger partial charge in [0.2, 0.25) is 5.95 Å². The van der Waals surface area contributed by atoms with E-state index in [9.17, 15) is 4.79 Å². The molecule has 0 saturated carbocycles. The number of hydrogen-bond donors (Lipinski definition) is 2. The second-order valence-electron chi connectivity index (χ2n) is 5.10. The number of amides is 2. The monoisotopic (exact) mass is 315 g/mol. The summed E-state index contributed by atoms with van der Waals surface area (Å²) in [5.74, 6) is 1.87. The maximum Gasteiger partial charge on any atom is 0.323 e. The number of carbonyl (C=O) groups excluding carboxylic acids is 1. The molecule has 1 aromatic carbocycles. The molecule has 2 amide bonds. The largest absolute Gasteiger partial charge is 0.486 e. The van der Waals surface area contributed by atoms with Crippen LogP contribution < -0.4 is 25.0 Å². The molecule has 3 rings (SSSR count). The molecule has 2 aromatic rings. The van der Waals surface area contributed by atoms with Gasteiger partial charge in [0.1, 0.15) is 13.2 Å². The Morgan fingerprint density at radius 3 is 2.39 bits per heavy atom. The molecule has 0 spiro atoms. The van der Waals surface area contributed by atoms with Crippen LogP contribution in [0.15, 0.2) is 30.6 Å². The molecule has 2 heterocycles. The average Bonchev–Trinajstić information content (AvgIpc) is 2.55. The SMILES string of the molecule is CN(C)c1ncc(NC(=O)Nc2ccc3c(c2)OCCO3)cn1. The van der Waals surface area contributed by atoms with Crippen LogP contribution in [0.4, 0.5) is 22.1 Å². The van der Waals surface area contributed by atoms with Gasteiger partial charge in [0.25, 0.3) is 0 Å². The number of ether oxygens (including phenoxy) is 2. The van der Waals surface area contributed by atoms with Gasteiger partial charge in [-0.05, 0) is 12.1 Å². The molecule has 8 nitrogen and oxygen atoms in total. The van der Waals surface area contributed by atoms with Gasteiger partial charge in [0.15, 0.2) is 11.5 Å². The van der Waals surface area contributed by atoms with Crippen LogP contribution in [0.25, 0.3) is 0 Å². The lowest BCUT2D eigenvalue weighted by molar-refractivity contribution is 0.171. The first-order valence-electron chi connectivity index (χ1n) is 7.09. The predicted molar refractivity (Wildman–Crippen MR) is 86.4 cm³/mol. The lowest BCUT2D eigenvalue weighted by Crippen LogP contribution is -2.21. The predicted octanol–water partition coefficient (Wildman–Crippen LogP) is 1.96. The first-order chi connectivity index (χ1) is 11.1. The van der Waals surface area contributed by atoms with Gasteiger partial charge in [0.05, 0.1) is 18.1 Å². The number of rotatable bonds is 3.